The number of aliphatic hydroxyl groups excluding tert-OH is 3. The Morgan fingerprint density at radius 2 is 1.75 bits per heavy atom. The monoisotopic (exact) mass is 392 g/mol. The van der Waals surface area contributed by atoms with Gasteiger partial charge in [0.2, 0.25) is 0 Å². The zero-order chi connectivity index (χ0) is 19.9. The molecule has 0 aromatic rings. The van der Waals surface area contributed by atoms with Crippen molar-refractivity contribution in [1.82, 2.24) is 0 Å². The van der Waals surface area contributed by atoms with Crippen molar-refractivity contribution in [3.05, 3.63) is 11.6 Å². The minimum Gasteiger partial charge on any atom is -0.393 e. The van der Waals surface area contributed by atoms with E-state index in [4.69, 9.17) is 4.74 Å². The Morgan fingerprint density at radius 3 is 2.46 bits per heavy atom. The van der Waals surface area contributed by atoms with Crippen LogP contribution in [0.15, 0.2) is 11.6 Å². The maximum atomic E-state index is 12.1. The first-order valence-corrected chi connectivity index (χ1v) is 11.3. The van der Waals surface area contributed by atoms with E-state index in [1.54, 1.807) is 6.08 Å². The van der Waals surface area contributed by atoms with Gasteiger partial charge in [-0.1, -0.05) is 13.8 Å². The van der Waals surface area contributed by atoms with Crippen LogP contribution in [0.2, 0.25) is 0 Å². The van der Waals surface area contributed by atoms with Gasteiger partial charge in [-0.25, -0.2) is 0 Å². The number of ether oxygens (including phenoxy) is 1. The fourth-order valence-corrected chi connectivity index (χ4v) is 8.45. The van der Waals surface area contributed by atoms with Gasteiger partial charge in [-0.3, -0.25) is 0 Å². The summed E-state index contributed by atoms with van der Waals surface area (Å²) in [4.78, 5) is 0. The Morgan fingerprint density at radius 1 is 0.964 bits per heavy atom. The lowest BCUT2D eigenvalue weighted by Crippen LogP contribution is -2.67. The van der Waals surface area contributed by atoms with Crippen LogP contribution in [0.4, 0.5) is 0 Å². The molecule has 28 heavy (non-hydrogen) atoms. The largest absolute Gasteiger partial charge is 0.393 e. The van der Waals surface area contributed by atoms with E-state index >= 15 is 0 Å². The van der Waals surface area contributed by atoms with Crippen LogP contribution in [0.5, 0.6) is 0 Å². The summed E-state index contributed by atoms with van der Waals surface area (Å²) < 4.78 is 5.35. The lowest BCUT2D eigenvalue weighted by atomic mass is 9.42. The molecule has 0 radical (unpaired) electrons. The zero-order valence-corrected chi connectivity index (χ0v) is 17.2. The zero-order valence-electron chi connectivity index (χ0n) is 17.2. The minimum atomic E-state index is -0.877. The molecule has 1 aliphatic heterocycles. The van der Waals surface area contributed by atoms with Crippen molar-refractivity contribution in [2.24, 2.45) is 34.5 Å². The molecule has 0 saturated heterocycles. The van der Waals surface area contributed by atoms with E-state index in [2.05, 4.69) is 13.8 Å². The molecule has 5 nitrogen and oxygen atoms in total. The first-order valence-electron chi connectivity index (χ1n) is 11.3. The number of hydrogen-bond donors (Lipinski definition) is 4. The van der Waals surface area contributed by atoms with Crippen molar-refractivity contribution in [3.63, 3.8) is 0 Å². The molecule has 0 bridgehead atoms. The van der Waals surface area contributed by atoms with Crippen LogP contribution in [-0.4, -0.2) is 51.1 Å². The van der Waals surface area contributed by atoms with E-state index in [9.17, 15) is 20.4 Å². The average Bonchev–Trinajstić information content (AvgIpc) is 3.19. The molecule has 0 aromatic heterocycles. The van der Waals surface area contributed by atoms with E-state index in [1.807, 2.05) is 0 Å². The molecule has 0 amide bonds. The van der Waals surface area contributed by atoms with Crippen LogP contribution in [0.3, 0.4) is 0 Å². The summed E-state index contributed by atoms with van der Waals surface area (Å²) in [5.74, 6) is 1.07. The van der Waals surface area contributed by atoms with Crippen LogP contribution in [0.25, 0.3) is 0 Å². The van der Waals surface area contributed by atoms with Crippen LogP contribution < -0.4 is 0 Å². The summed E-state index contributed by atoms with van der Waals surface area (Å²) >= 11 is 0. The van der Waals surface area contributed by atoms with Crippen molar-refractivity contribution in [1.29, 1.82) is 0 Å². The van der Waals surface area contributed by atoms with Gasteiger partial charge in [-0.2, -0.15) is 0 Å². The summed E-state index contributed by atoms with van der Waals surface area (Å²) in [6.07, 6.45) is 7.22. The minimum absolute atomic E-state index is 0.0595. The first-order chi connectivity index (χ1) is 13.2. The van der Waals surface area contributed by atoms with Gasteiger partial charge in [0, 0.05) is 5.41 Å². The third-order valence-corrected chi connectivity index (χ3v) is 10.1. The number of aliphatic hydroxyl groups is 4. The normalized spacial score (nSPS) is 58.6. The fourth-order valence-electron chi connectivity index (χ4n) is 8.45. The van der Waals surface area contributed by atoms with Crippen LogP contribution in [-0.2, 0) is 4.74 Å². The molecule has 10 atom stereocenters. The average molecular weight is 393 g/mol. The van der Waals surface area contributed by atoms with Gasteiger partial charge in [-0.15, -0.1) is 0 Å². The maximum Gasteiger partial charge on any atom is 0.174 e. The topological polar surface area (TPSA) is 90.2 Å². The molecule has 5 aliphatic rings. The third kappa shape index (κ3) is 2.37. The predicted molar refractivity (Wildman–Crippen MR) is 104 cm³/mol. The summed E-state index contributed by atoms with van der Waals surface area (Å²) in [7, 11) is 0. The third-order valence-electron chi connectivity index (χ3n) is 10.1. The highest BCUT2D eigenvalue weighted by molar-refractivity contribution is 5.27. The highest BCUT2D eigenvalue weighted by atomic mass is 16.6. The second-order valence-electron chi connectivity index (χ2n) is 10.9. The number of fused-ring (bicyclic) bond motifs is 5. The summed E-state index contributed by atoms with van der Waals surface area (Å²) in [5, 5.41) is 43.6. The van der Waals surface area contributed by atoms with Crippen molar-refractivity contribution in [2.45, 2.75) is 89.3 Å². The van der Waals surface area contributed by atoms with Gasteiger partial charge in [0.15, 0.2) is 6.29 Å². The van der Waals surface area contributed by atoms with Crippen LogP contribution >= 0.6 is 0 Å². The van der Waals surface area contributed by atoms with E-state index < -0.39 is 23.4 Å². The fraction of sp³-hybridized carbons (Fsp3) is 0.913. The highest BCUT2D eigenvalue weighted by Crippen LogP contribution is 2.69. The summed E-state index contributed by atoms with van der Waals surface area (Å²) in [6.45, 7) is 4.83. The summed E-state index contributed by atoms with van der Waals surface area (Å²) in [6, 6.07) is 0. The Bertz CT molecular complexity index is 678. The molecule has 5 rings (SSSR count). The molecular formula is C23H36O5. The Kier molecular flexibility index (Phi) is 4.37. The van der Waals surface area contributed by atoms with Crippen molar-refractivity contribution in [3.8, 4) is 0 Å². The van der Waals surface area contributed by atoms with Gasteiger partial charge >= 0.3 is 0 Å². The second kappa shape index (κ2) is 6.27. The van der Waals surface area contributed by atoms with Crippen molar-refractivity contribution < 1.29 is 25.2 Å². The smallest absolute Gasteiger partial charge is 0.174 e. The van der Waals surface area contributed by atoms with Crippen molar-refractivity contribution >= 4 is 0 Å². The molecule has 4 saturated carbocycles. The molecule has 0 aromatic carbocycles. The Hall–Kier alpha value is -0.460. The molecular weight excluding hydrogens is 356 g/mol. The quantitative estimate of drug-likeness (QED) is 0.515. The standard InChI is InChI=1S/C23H36O5/c1-21-7-5-15(24)10-14(21)3-4-17-18(21)11-19(25)22(2)16(6-8-23(17,22)27)13-9-20(26)28-12-13/h9,14-20,24-27H,3-8,10-12H2,1-2H3/t14-,15?,16?,17?,18?,19?,20?,21?,22?,23?/m1/s1. The molecule has 4 fully saturated rings. The lowest BCUT2D eigenvalue weighted by Gasteiger charge is -2.65. The highest BCUT2D eigenvalue weighted by Gasteiger charge is 2.70. The first kappa shape index (κ1) is 19.5. The van der Waals surface area contributed by atoms with Gasteiger partial charge in [0.1, 0.15) is 0 Å². The van der Waals surface area contributed by atoms with Gasteiger partial charge in [-0.05, 0) is 92.1 Å². The molecule has 5 heteroatoms. The van der Waals surface area contributed by atoms with Gasteiger partial charge in [0.25, 0.3) is 0 Å². The SMILES string of the molecule is CC12CCC(O)C[C@H]1CCC1C2CC(O)C2(C)C(C3=CC(O)OC3)CCC12O. The maximum absolute atomic E-state index is 12.1. The van der Waals surface area contributed by atoms with E-state index in [0.717, 1.165) is 50.5 Å². The van der Waals surface area contributed by atoms with E-state index in [-0.39, 0.29) is 23.4 Å². The Balaban J connectivity index is 1.50. The molecule has 9 unspecified atom stereocenters. The second-order valence-corrected chi connectivity index (χ2v) is 10.9. The van der Waals surface area contributed by atoms with Gasteiger partial charge in [0.05, 0.1) is 24.4 Å². The van der Waals surface area contributed by atoms with E-state index in [0.29, 0.717) is 24.9 Å². The van der Waals surface area contributed by atoms with Crippen LogP contribution in [0, 0.1) is 34.5 Å². The molecule has 4 N–H and O–H groups in total. The summed E-state index contributed by atoms with van der Waals surface area (Å²) in [5.41, 5.74) is -0.322. The Labute approximate surface area is 167 Å². The molecule has 0 spiro atoms. The molecule has 158 valence electrons. The molecule has 4 aliphatic carbocycles. The van der Waals surface area contributed by atoms with Gasteiger partial charge < -0.3 is 25.2 Å². The van der Waals surface area contributed by atoms with Crippen molar-refractivity contribution in [2.75, 3.05) is 6.61 Å². The lowest BCUT2D eigenvalue weighted by molar-refractivity contribution is -0.245. The predicted octanol–water partition coefficient (Wildman–Crippen LogP) is 2.37. The number of hydrogen-bond acceptors (Lipinski definition) is 5. The van der Waals surface area contributed by atoms with E-state index in [1.165, 1.54) is 0 Å². The van der Waals surface area contributed by atoms with Crippen LogP contribution in [0.1, 0.15) is 65.2 Å². The molecule has 1 heterocycles. The number of rotatable bonds is 1.